The molecule has 2 aromatic carbocycles. The van der Waals surface area contributed by atoms with Gasteiger partial charge in [0.05, 0.1) is 21.4 Å². The molecule has 0 aliphatic heterocycles. The highest BCUT2D eigenvalue weighted by atomic mass is 35.5. The first-order valence-electron chi connectivity index (χ1n) is 5.85. The highest BCUT2D eigenvalue weighted by Crippen LogP contribution is 2.28. The first-order valence-corrected chi connectivity index (χ1v) is 6.61. The molecule has 0 saturated carbocycles. The average Bonchev–Trinajstić information content (AvgIpc) is 2.91. The van der Waals surface area contributed by atoms with E-state index in [2.05, 4.69) is 15.5 Å². The van der Waals surface area contributed by atoms with Crippen LogP contribution in [0.5, 0.6) is 0 Å². The number of anilines is 1. The van der Waals surface area contributed by atoms with Gasteiger partial charge in [0, 0.05) is 5.56 Å². The smallest absolute Gasteiger partial charge is 0.187 e. The molecule has 1 heterocycles. The van der Waals surface area contributed by atoms with Crippen molar-refractivity contribution in [3.05, 3.63) is 52.3 Å². The van der Waals surface area contributed by atoms with Gasteiger partial charge in [-0.05, 0) is 46.8 Å². The van der Waals surface area contributed by atoms with Gasteiger partial charge in [0.25, 0.3) is 0 Å². The summed E-state index contributed by atoms with van der Waals surface area (Å²) >= 11 is 12.0. The lowest BCUT2D eigenvalue weighted by molar-refractivity contribution is 0.627. The van der Waals surface area contributed by atoms with E-state index in [1.807, 2.05) is 0 Å². The summed E-state index contributed by atoms with van der Waals surface area (Å²) in [5.74, 6) is -0.0145. The number of halogens is 3. The zero-order valence-electron chi connectivity index (χ0n) is 10.5. The maximum absolute atomic E-state index is 13.1. The molecule has 0 aliphatic carbocycles. The van der Waals surface area contributed by atoms with Gasteiger partial charge in [0.2, 0.25) is 0 Å². The van der Waals surface area contributed by atoms with Crippen molar-refractivity contribution in [1.82, 2.24) is 20.2 Å². The van der Waals surface area contributed by atoms with E-state index < -0.39 is 5.82 Å². The van der Waals surface area contributed by atoms with Crippen molar-refractivity contribution in [2.45, 2.75) is 0 Å². The van der Waals surface area contributed by atoms with Crippen LogP contribution < -0.4 is 5.73 Å². The van der Waals surface area contributed by atoms with Crippen LogP contribution in [0.1, 0.15) is 0 Å². The number of nitrogen functional groups attached to an aromatic ring is 1. The van der Waals surface area contributed by atoms with E-state index in [0.29, 0.717) is 27.8 Å². The maximum atomic E-state index is 13.1. The third-order valence-corrected chi connectivity index (χ3v) is 3.50. The SMILES string of the molecule is Nc1ccc(-c2nnnn2-c2ccc(F)cc2Cl)cc1Cl. The summed E-state index contributed by atoms with van der Waals surface area (Å²) in [7, 11) is 0. The van der Waals surface area contributed by atoms with Crippen LogP contribution >= 0.6 is 23.2 Å². The molecule has 8 heteroatoms. The quantitative estimate of drug-likeness (QED) is 0.734. The Hall–Kier alpha value is -2.18. The third kappa shape index (κ3) is 2.55. The van der Waals surface area contributed by atoms with Gasteiger partial charge < -0.3 is 5.73 Å². The predicted molar refractivity (Wildman–Crippen MR) is 79.0 cm³/mol. The summed E-state index contributed by atoms with van der Waals surface area (Å²) in [6, 6.07) is 9.01. The molecule has 0 saturated heterocycles. The number of rotatable bonds is 2. The average molecular weight is 324 g/mol. The number of aromatic nitrogens is 4. The van der Waals surface area contributed by atoms with Crippen molar-refractivity contribution < 1.29 is 4.39 Å². The lowest BCUT2D eigenvalue weighted by atomic mass is 10.2. The molecule has 5 nitrogen and oxygen atoms in total. The lowest BCUT2D eigenvalue weighted by Gasteiger charge is -2.07. The Kier molecular flexibility index (Phi) is 3.48. The number of hydrogen-bond acceptors (Lipinski definition) is 4. The normalized spacial score (nSPS) is 10.8. The summed E-state index contributed by atoms with van der Waals surface area (Å²) in [4.78, 5) is 0. The van der Waals surface area contributed by atoms with Crippen molar-refractivity contribution in [2.75, 3.05) is 5.73 Å². The predicted octanol–water partition coefficient (Wildman–Crippen LogP) is 3.36. The molecule has 0 atom stereocenters. The van der Waals surface area contributed by atoms with Crippen LogP contribution in [0.15, 0.2) is 36.4 Å². The van der Waals surface area contributed by atoms with Crippen LogP contribution in [0.3, 0.4) is 0 Å². The monoisotopic (exact) mass is 323 g/mol. The number of tetrazole rings is 1. The van der Waals surface area contributed by atoms with Gasteiger partial charge in [-0.15, -0.1) is 5.10 Å². The van der Waals surface area contributed by atoms with Gasteiger partial charge in [-0.2, -0.15) is 4.68 Å². The van der Waals surface area contributed by atoms with Gasteiger partial charge >= 0.3 is 0 Å². The summed E-state index contributed by atoms with van der Waals surface area (Å²) in [5, 5.41) is 12.0. The standard InChI is InChI=1S/C13H8Cl2FN5/c14-9-5-7(1-3-11(9)17)13-18-19-20-21(13)12-4-2-8(16)6-10(12)15/h1-6H,17H2. The molecule has 0 amide bonds. The van der Waals surface area contributed by atoms with Crippen LogP contribution in [0.4, 0.5) is 10.1 Å². The van der Waals surface area contributed by atoms with Crippen molar-refractivity contribution >= 4 is 28.9 Å². The molecule has 21 heavy (non-hydrogen) atoms. The van der Waals surface area contributed by atoms with E-state index in [1.54, 1.807) is 18.2 Å². The minimum atomic E-state index is -0.436. The van der Waals surface area contributed by atoms with E-state index in [9.17, 15) is 4.39 Å². The Morgan fingerprint density at radius 2 is 1.86 bits per heavy atom. The zero-order valence-corrected chi connectivity index (χ0v) is 12.0. The summed E-state index contributed by atoms with van der Waals surface area (Å²) in [6.45, 7) is 0. The van der Waals surface area contributed by atoms with Crippen LogP contribution in [-0.2, 0) is 0 Å². The lowest BCUT2D eigenvalue weighted by Crippen LogP contribution is -2.01. The highest BCUT2D eigenvalue weighted by molar-refractivity contribution is 6.33. The number of hydrogen-bond donors (Lipinski definition) is 1. The van der Waals surface area contributed by atoms with Gasteiger partial charge in [0.1, 0.15) is 5.82 Å². The second-order valence-corrected chi connectivity index (χ2v) is 5.06. The fourth-order valence-electron chi connectivity index (χ4n) is 1.85. The largest absolute Gasteiger partial charge is 0.398 e. The number of nitrogens with zero attached hydrogens (tertiary/aromatic N) is 4. The molecule has 0 unspecified atom stereocenters. The Labute approximate surface area is 129 Å². The van der Waals surface area contributed by atoms with Crippen LogP contribution in [0.2, 0.25) is 10.0 Å². The number of nitrogens with two attached hydrogens (primary N) is 1. The van der Waals surface area contributed by atoms with Crippen molar-refractivity contribution in [3.8, 4) is 17.1 Å². The number of benzene rings is 2. The Bertz CT molecular complexity index is 818. The molecular formula is C13H8Cl2FN5. The molecule has 0 fully saturated rings. The van der Waals surface area contributed by atoms with Crippen molar-refractivity contribution in [1.29, 1.82) is 0 Å². The molecule has 0 bridgehead atoms. The molecule has 106 valence electrons. The minimum Gasteiger partial charge on any atom is -0.398 e. The third-order valence-electron chi connectivity index (χ3n) is 2.87. The van der Waals surface area contributed by atoms with Crippen molar-refractivity contribution in [2.24, 2.45) is 0 Å². The molecule has 1 aromatic heterocycles. The van der Waals surface area contributed by atoms with Crippen molar-refractivity contribution in [3.63, 3.8) is 0 Å². The minimum absolute atomic E-state index is 0.199. The summed E-state index contributed by atoms with van der Waals surface area (Å²) < 4.78 is 14.5. The first-order chi connectivity index (χ1) is 10.1. The second-order valence-electron chi connectivity index (χ2n) is 4.25. The van der Waals surface area contributed by atoms with Gasteiger partial charge in [0.15, 0.2) is 5.82 Å². The topological polar surface area (TPSA) is 69.6 Å². The Morgan fingerprint density at radius 1 is 1.05 bits per heavy atom. The molecular weight excluding hydrogens is 316 g/mol. The Balaban J connectivity index is 2.14. The van der Waals surface area contributed by atoms with Gasteiger partial charge in [-0.1, -0.05) is 23.2 Å². The maximum Gasteiger partial charge on any atom is 0.187 e. The van der Waals surface area contributed by atoms with E-state index in [-0.39, 0.29) is 5.02 Å². The fourth-order valence-corrected chi connectivity index (χ4v) is 2.28. The summed E-state index contributed by atoms with van der Waals surface area (Å²) in [5.41, 5.74) is 7.27. The highest BCUT2D eigenvalue weighted by Gasteiger charge is 2.14. The molecule has 0 spiro atoms. The molecule has 3 aromatic rings. The van der Waals surface area contributed by atoms with Crippen LogP contribution in [0, 0.1) is 5.82 Å². The first kappa shape index (κ1) is 13.8. The van der Waals surface area contributed by atoms with E-state index in [1.165, 1.54) is 22.9 Å². The van der Waals surface area contributed by atoms with Gasteiger partial charge in [-0.3, -0.25) is 0 Å². The second kappa shape index (κ2) is 5.31. The Morgan fingerprint density at radius 3 is 2.57 bits per heavy atom. The van der Waals surface area contributed by atoms with Gasteiger partial charge in [-0.25, -0.2) is 4.39 Å². The van der Waals surface area contributed by atoms with Crippen LogP contribution in [-0.4, -0.2) is 20.2 Å². The molecule has 0 radical (unpaired) electrons. The van der Waals surface area contributed by atoms with E-state index in [0.717, 1.165) is 0 Å². The molecule has 0 aliphatic rings. The van der Waals surface area contributed by atoms with Crippen LogP contribution in [0.25, 0.3) is 17.1 Å². The molecule has 2 N–H and O–H groups in total. The van der Waals surface area contributed by atoms with E-state index in [4.69, 9.17) is 28.9 Å². The summed E-state index contributed by atoms with van der Waals surface area (Å²) in [6.07, 6.45) is 0. The molecule has 3 rings (SSSR count). The fraction of sp³-hybridized carbons (Fsp3) is 0. The van der Waals surface area contributed by atoms with E-state index >= 15 is 0 Å². The zero-order chi connectivity index (χ0) is 15.0.